The van der Waals surface area contributed by atoms with Crippen LogP contribution in [-0.4, -0.2) is 69.1 Å². The number of morpholine rings is 1. The van der Waals surface area contributed by atoms with Crippen molar-refractivity contribution >= 4 is 29.1 Å². The highest BCUT2D eigenvalue weighted by Gasteiger charge is 2.15. The monoisotopic (exact) mass is 414 g/mol. The van der Waals surface area contributed by atoms with E-state index in [-0.39, 0.29) is 43.0 Å². The van der Waals surface area contributed by atoms with E-state index >= 15 is 0 Å². The van der Waals surface area contributed by atoms with Gasteiger partial charge in [0.15, 0.2) is 5.76 Å². The molecule has 1 saturated heterocycles. The Hall–Kier alpha value is -3.33. The molecule has 1 fully saturated rings. The van der Waals surface area contributed by atoms with Crippen molar-refractivity contribution in [2.75, 3.05) is 56.7 Å². The molecule has 1 aliphatic rings. The zero-order valence-corrected chi connectivity index (χ0v) is 16.9. The lowest BCUT2D eigenvalue weighted by Gasteiger charge is -2.28. The number of benzene rings is 1. The van der Waals surface area contributed by atoms with Gasteiger partial charge < -0.3 is 29.6 Å². The zero-order valence-electron chi connectivity index (χ0n) is 16.9. The molecule has 160 valence electrons. The van der Waals surface area contributed by atoms with Crippen molar-refractivity contribution in [2.45, 2.75) is 6.42 Å². The molecule has 1 aliphatic heterocycles. The molecule has 30 heavy (non-hydrogen) atoms. The summed E-state index contributed by atoms with van der Waals surface area (Å²) in [7, 11) is 1.55. The van der Waals surface area contributed by atoms with Crippen molar-refractivity contribution in [3.8, 4) is 0 Å². The van der Waals surface area contributed by atoms with E-state index in [0.29, 0.717) is 18.9 Å². The highest BCUT2D eigenvalue weighted by molar-refractivity contribution is 5.95. The topological polar surface area (TPSA) is 104 Å². The second kappa shape index (κ2) is 10.4. The summed E-state index contributed by atoms with van der Waals surface area (Å²) < 4.78 is 10.3. The van der Waals surface area contributed by atoms with E-state index in [2.05, 4.69) is 15.5 Å². The summed E-state index contributed by atoms with van der Waals surface area (Å²) in [5.41, 5.74) is 1.75. The first-order chi connectivity index (χ1) is 14.5. The van der Waals surface area contributed by atoms with Gasteiger partial charge >= 0.3 is 0 Å². The largest absolute Gasteiger partial charge is 0.459 e. The van der Waals surface area contributed by atoms with E-state index in [4.69, 9.17) is 9.15 Å². The summed E-state index contributed by atoms with van der Waals surface area (Å²) in [6.07, 6.45) is 1.49. The number of anilines is 2. The molecule has 2 aromatic rings. The lowest BCUT2D eigenvalue weighted by Crippen LogP contribution is -2.37. The Bertz CT molecular complexity index is 845. The molecular weight excluding hydrogens is 388 g/mol. The number of hydrogen-bond acceptors (Lipinski definition) is 6. The van der Waals surface area contributed by atoms with Crippen LogP contribution in [0.5, 0.6) is 0 Å². The number of nitrogens with one attached hydrogen (secondary N) is 2. The van der Waals surface area contributed by atoms with E-state index in [1.54, 1.807) is 19.2 Å². The van der Waals surface area contributed by atoms with Crippen molar-refractivity contribution in [3.05, 3.63) is 48.4 Å². The van der Waals surface area contributed by atoms with Gasteiger partial charge in [-0.2, -0.15) is 0 Å². The second-order valence-corrected chi connectivity index (χ2v) is 6.93. The quantitative estimate of drug-likeness (QED) is 0.676. The van der Waals surface area contributed by atoms with Gasteiger partial charge in [0.05, 0.1) is 26.0 Å². The maximum absolute atomic E-state index is 12.2. The molecule has 0 atom stereocenters. The SMILES string of the molecule is CN(CC(=O)Nc1ccc(N2CCOCC2)cc1)C(=O)CCNC(=O)c1ccco1. The van der Waals surface area contributed by atoms with Crippen LogP contribution in [0.1, 0.15) is 17.0 Å². The van der Waals surface area contributed by atoms with Gasteiger partial charge in [0.2, 0.25) is 11.8 Å². The minimum atomic E-state index is -0.381. The highest BCUT2D eigenvalue weighted by Crippen LogP contribution is 2.19. The molecule has 3 amide bonds. The molecular formula is C21H26N4O5. The fourth-order valence-electron chi connectivity index (χ4n) is 3.05. The van der Waals surface area contributed by atoms with Gasteiger partial charge in [-0.05, 0) is 36.4 Å². The van der Waals surface area contributed by atoms with Gasteiger partial charge in [-0.15, -0.1) is 0 Å². The molecule has 0 unspecified atom stereocenters. The van der Waals surface area contributed by atoms with Crippen LogP contribution in [0.3, 0.4) is 0 Å². The van der Waals surface area contributed by atoms with E-state index in [1.165, 1.54) is 11.2 Å². The van der Waals surface area contributed by atoms with Crippen LogP contribution in [0.15, 0.2) is 47.1 Å². The van der Waals surface area contributed by atoms with Crippen LogP contribution in [0, 0.1) is 0 Å². The normalized spacial score (nSPS) is 13.6. The van der Waals surface area contributed by atoms with Crippen LogP contribution < -0.4 is 15.5 Å². The van der Waals surface area contributed by atoms with E-state index in [0.717, 1.165) is 18.8 Å². The van der Waals surface area contributed by atoms with Crippen LogP contribution in [0.25, 0.3) is 0 Å². The number of amides is 3. The average molecular weight is 414 g/mol. The molecule has 1 aromatic carbocycles. The van der Waals surface area contributed by atoms with E-state index in [1.807, 2.05) is 24.3 Å². The highest BCUT2D eigenvalue weighted by atomic mass is 16.5. The number of likely N-dealkylation sites (N-methyl/N-ethyl adjacent to an activating group) is 1. The van der Waals surface area contributed by atoms with Crippen molar-refractivity contribution in [1.82, 2.24) is 10.2 Å². The Labute approximate surface area is 175 Å². The number of carbonyl (C=O) groups excluding carboxylic acids is 3. The molecule has 9 nitrogen and oxygen atoms in total. The van der Waals surface area contributed by atoms with Crippen molar-refractivity contribution in [1.29, 1.82) is 0 Å². The molecule has 3 rings (SSSR count). The minimum absolute atomic E-state index is 0.0732. The number of hydrogen-bond donors (Lipinski definition) is 2. The predicted molar refractivity (Wildman–Crippen MR) is 111 cm³/mol. The third-order valence-electron chi connectivity index (χ3n) is 4.70. The number of furan rings is 1. The van der Waals surface area contributed by atoms with Crippen LogP contribution in [0.2, 0.25) is 0 Å². The van der Waals surface area contributed by atoms with Crippen molar-refractivity contribution in [2.24, 2.45) is 0 Å². The fourth-order valence-corrected chi connectivity index (χ4v) is 3.05. The zero-order chi connectivity index (χ0) is 21.3. The molecule has 9 heteroatoms. The Morgan fingerprint density at radius 1 is 1.10 bits per heavy atom. The standard InChI is InChI=1S/C21H26N4O5/c1-24(20(27)8-9-22-21(28)18-3-2-12-30-18)15-19(26)23-16-4-6-17(7-5-16)25-10-13-29-14-11-25/h2-7,12H,8-11,13-15H2,1H3,(H,22,28)(H,23,26). The van der Waals surface area contributed by atoms with E-state index in [9.17, 15) is 14.4 Å². The predicted octanol–water partition coefficient (Wildman–Crippen LogP) is 1.33. The van der Waals surface area contributed by atoms with Gasteiger partial charge in [-0.1, -0.05) is 0 Å². The third-order valence-corrected chi connectivity index (χ3v) is 4.70. The van der Waals surface area contributed by atoms with Gasteiger partial charge in [-0.25, -0.2) is 0 Å². The van der Waals surface area contributed by atoms with Crippen LogP contribution >= 0.6 is 0 Å². The first kappa shape index (κ1) is 21.4. The lowest BCUT2D eigenvalue weighted by molar-refractivity contribution is -0.133. The molecule has 0 bridgehead atoms. The average Bonchev–Trinajstić information content (AvgIpc) is 3.30. The molecule has 0 spiro atoms. The summed E-state index contributed by atoms with van der Waals surface area (Å²) >= 11 is 0. The summed E-state index contributed by atoms with van der Waals surface area (Å²) in [4.78, 5) is 39.7. The fraction of sp³-hybridized carbons (Fsp3) is 0.381. The van der Waals surface area contributed by atoms with Gasteiger partial charge in [0, 0.05) is 44.5 Å². The first-order valence-electron chi connectivity index (χ1n) is 9.81. The minimum Gasteiger partial charge on any atom is -0.459 e. The molecule has 0 saturated carbocycles. The maximum Gasteiger partial charge on any atom is 0.286 e. The molecule has 2 heterocycles. The van der Waals surface area contributed by atoms with Gasteiger partial charge in [-0.3, -0.25) is 14.4 Å². The smallest absolute Gasteiger partial charge is 0.286 e. The summed E-state index contributed by atoms with van der Waals surface area (Å²) in [6.45, 7) is 3.21. The van der Waals surface area contributed by atoms with E-state index < -0.39 is 0 Å². The number of rotatable bonds is 8. The Balaban J connectivity index is 1.39. The Morgan fingerprint density at radius 3 is 2.50 bits per heavy atom. The van der Waals surface area contributed by atoms with Crippen LogP contribution in [0.4, 0.5) is 11.4 Å². The summed E-state index contributed by atoms with van der Waals surface area (Å²) in [5, 5.41) is 5.40. The second-order valence-electron chi connectivity index (χ2n) is 6.93. The molecule has 2 N–H and O–H groups in total. The first-order valence-corrected chi connectivity index (χ1v) is 9.81. The Morgan fingerprint density at radius 2 is 1.83 bits per heavy atom. The maximum atomic E-state index is 12.2. The number of ether oxygens (including phenoxy) is 1. The molecule has 0 radical (unpaired) electrons. The number of carbonyl (C=O) groups is 3. The third kappa shape index (κ3) is 6.08. The van der Waals surface area contributed by atoms with Crippen molar-refractivity contribution < 1.29 is 23.5 Å². The molecule has 1 aromatic heterocycles. The summed E-state index contributed by atoms with van der Waals surface area (Å²) in [5.74, 6) is -0.722. The summed E-state index contributed by atoms with van der Waals surface area (Å²) in [6, 6.07) is 10.8. The van der Waals surface area contributed by atoms with Gasteiger partial charge in [0.25, 0.3) is 5.91 Å². The van der Waals surface area contributed by atoms with Gasteiger partial charge in [0.1, 0.15) is 0 Å². The van der Waals surface area contributed by atoms with Crippen molar-refractivity contribution in [3.63, 3.8) is 0 Å². The molecule has 0 aliphatic carbocycles. The number of nitrogens with zero attached hydrogens (tertiary/aromatic N) is 2. The Kier molecular flexibility index (Phi) is 7.45. The van der Waals surface area contributed by atoms with Crippen LogP contribution in [-0.2, 0) is 14.3 Å². The lowest BCUT2D eigenvalue weighted by atomic mass is 10.2.